The molecule has 1 N–H and O–H groups in total. The van der Waals surface area contributed by atoms with E-state index in [-0.39, 0.29) is 17.3 Å². The van der Waals surface area contributed by atoms with Crippen molar-refractivity contribution in [3.05, 3.63) is 52.5 Å². The zero-order valence-electron chi connectivity index (χ0n) is 15.8. The quantitative estimate of drug-likeness (QED) is 0.644. The maximum Gasteiger partial charge on any atom is 0.243 e. The number of amides is 1. The number of rotatable bonds is 4. The van der Waals surface area contributed by atoms with Crippen molar-refractivity contribution in [2.45, 2.75) is 24.7 Å². The Bertz CT molecular complexity index is 1160. The second kappa shape index (κ2) is 8.02. The molecule has 1 aliphatic heterocycles. The van der Waals surface area contributed by atoms with E-state index in [1.807, 2.05) is 25.1 Å². The normalized spacial score (nSPS) is 18.1. The third kappa shape index (κ3) is 4.30. The highest BCUT2D eigenvalue weighted by Gasteiger charge is 2.33. The number of thiazole rings is 1. The Labute approximate surface area is 178 Å². The summed E-state index contributed by atoms with van der Waals surface area (Å²) in [6.45, 7) is 2.51. The Kier molecular flexibility index (Phi) is 5.61. The lowest BCUT2D eigenvalue weighted by Crippen LogP contribution is -2.43. The van der Waals surface area contributed by atoms with Gasteiger partial charge in [0.25, 0.3) is 0 Å². The minimum absolute atomic E-state index is 0.165. The molecule has 0 saturated carbocycles. The Morgan fingerprint density at radius 1 is 1.24 bits per heavy atom. The first kappa shape index (κ1) is 20.3. The van der Waals surface area contributed by atoms with Gasteiger partial charge in [-0.3, -0.25) is 4.79 Å². The van der Waals surface area contributed by atoms with Crippen molar-refractivity contribution in [2.75, 3.05) is 18.4 Å². The van der Waals surface area contributed by atoms with Gasteiger partial charge in [-0.1, -0.05) is 11.6 Å². The number of nitrogens with zero attached hydrogens (tertiary/aromatic N) is 2. The molecule has 1 unspecified atom stereocenters. The Hall–Kier alpha value is -2.00. The molecular weight excluding hydrogens is 430 g/mol. The number of sulfonamides is 1. The number of benzene rings is 2. The Morgan fingerprint density at radius 2 is 2.00 bits per heavy atom. The van der Waals surface area contributed by atoms with Crippen molar-refractivity contribution in [1.82, 2.24) is 9.29 Å². The fourth-order valence-corrected chi connectivity index (χ4v) is 6.01. The summed E-state index contributed by atoms with van der Waals surface area (Å²) in [6, 6.07) is 11.7. The second-order valence-electron chi connectivity index (χ2n) is 7.06. The first-order valence-electron chi connectivity index (χ1n) is 9.27. The number of fused-ring (bicyclic) bond motifs is 1. The van der Waals surface area contributed by atoms with Gasteiger partial charge < -0.3 is 5.32 Å². The molecule has 1 amide bonds. The zero-order valence-corrected chi connectivity index (χ0v) is 18.1. The van der Waals surface area contributed by atoms with E-state index in [0.717, 1.165) is 15.2 Å². The third-order valence-corrected chi connectivity index (χ3v) is 8.03. The lowest BCUT2D eigenvalue weighted by atomic mass is 9.98. The van der Waals surface area contributed by atoms with Crippen LogP contribution in [0.4, 0.5) is 5.69 Å². The molecule has 0 bridgehead atoms. The lowest BCUT2D eigenvalue weighted by Gasteiger charge is -2.31. The molecule has 0 spiro atoms. The molecule has 1 atom stereocenters. The molecule has 3 aromatic rings. The van der Waals surface area contributed by atoms with Gasteiger partial charge in [-0.2, -0.15) is 4.31 Å². The molecule has 9 heteroatoms. The summed E-state index contributed by atoms with van der Waals surface area (Å²) < 4.78 is 28.2. The molecule has 2 heterocycles. The summed E-state index contributed by atoms with van der Waals surface area (Å²) in [5.74, 6) is -0.564. The Balaban J connectivity index is 1.48. The van der Waals surface area contributed by atoms with Crippen LogP contribution in [-0.4, -0.2) is 36.7 Å². The predicted molar refractivity (Wildman–Crippen MR) is 116 cm³/mol. The van der Waals surface area contributed by atoms with Gasteiger partial charge in [-0.25, -0.2) is 13.4 Å². The fourth-order valence-electron chi connectivity index (χ4n) is 3.49. The van der Waals surface area contributed by atoms with Gasteiger partial charge in [0, 0.05) is 23.8 Å². The number of hydrogen-bond donors (Lipinski definition) is 1. The van der Waals surface area contributed by atoms with Crippen molar-refractivity contribution in [2.24, 2.45) is 5.92 Å². The van der Waals surface area contributed by atoms with E-state index in [1.54, 1.807) is 23.5 Å². The number of aryl methyl sites for hydroxylation is 1. The largest absolute Gasteiger partial charge is 0.326 e. The average Bonchev–Trinajstić information content (AvgIpc) is 3.07. The minimum Gasteiger partial charge on any atom is -0.326 e. The van der Waals surface area contributed by atoms with E-state index in [0.29, 0.717) is 30.1 Å². The van der Waals surface area contributed by atoms with Crippen molar-refractivity contribution in [1.29, 1.82) is 0 Å². The van der Waals surface area contributed by atoms with Gasteiger partial charge in [0.05, 0.1) is 26.0 Å². The molecule has 1 aromatic heterocycles. The molecule has 6 nitrogen and oxygen atoms in total. The lowest BCUT2D eigenvalue weighted by molar-refractivity contribution is -0.120. The van der Waals surface area contributed by atoms with E-state index in [1.165, 1.54) is 16.4 Å². The van der Waals surface area contributed by atoms with E-state index >= 15 is 0 Å². The summed E-state index contributed by atoms with van der Waals surface area (Å²) >= 11 is 7.43. The molecule has 1 aliphatic rings. The molecule has 4 rings (SSSR count). The van der Waals surface area contributed by atoms with E-state index in [9.17, 15) is 13.2 Å². The highest BCUT2D eigenvalue weighted by molar-refractivity contribution is 7.89. The van der Waals surface area contributed by atoms with E-state index in [4.69, 9.17) is 11.6 Å². The molecule has 2 aromatic carbocycles. The van der Waals surface area contributed by atoms with Crippen molar-refractivity contribution < 1.29 is 13.2 Å². The maximum absolute atomic E-state index is 12.9. The number of piperidine rings is 1. The van der Waals surface area contributed by atoms with Crippen LogP contribution in [0.1, 0.15) is 17.8 Å². The van der Waals surface area contributed by atoms with Crippen molar-refractivity contribution in [3.8, 4) is 0 Å². The maximum atomic E-state index is 12.9. The van der Waals surface area contributed by atoms with Gasteiger partial charge in [0.1, 0.15) is 0 Å². The standard InChI is InChI=1S/C20H20ClN3O3S2/c1-13-22-18-9-6-16(11-19(18)28-13)23-20(25)14-3-2-10-24(12-14)29(26,27)17-7-4-15(21)5-8-17/h4-9,11,14H,2-3,10,12H2,1H3,(H,23,25). The molecule has 1 saturated heterocycles. The van der Waals surface area contributed by atoms with Crippen LogP contribution in [0, 0.1) is 12.8 Å². The smallest absolute Gasteiger partial charge is 0.243 e. The van der Waals surface area contributed by atoms with Crippen LogP contribution in [0.25, 0.3) is 10.2 Å². The van der Waals surface area contributed by atoms with Crippen LogP contribution in [0.2, 0.25) is 5.02 Å². The predicted octanol–water partition coefficient (Wildman–Crippen LogP) is 4.30. The highest BCUT2D eigenvalue weighted by atomic mass is 35.5. The van der Waals surface area contributed by atoms with Crippen LogP contribution in [0.15, 0.2) is 47.4 Å². The zero-order chi connectivity index (χ0) is 20.6. The number of hydrogen-bond acceptors (Lipinski definition) is 5. The molecule has 152 valence electrons. The summed E-state index contributed by atoms with van der Waals surface area (Å²) in [5.41, 5.74) is 1.60. The number of aromatic nitrogens is 1. The topological polar surface area (TPSA) is 79.4 Å². The highest BCUT2D eigenvalue weighted by Crippen LogP contribution is 2.27. The number of halogens is 1. The van der Waals surface area contributed by atoms with Gasteiger partial charge >= 0.3 is 0 Å². The average molecular weight is 450 g/mol. The molecule has 1 fully saturated rings. The van der Waals surface area contributed by atoms with Crippen LogP contribution >= 0.6 is 22.9 Å². The van der Waals surface area contributed by atoms with Gasteiger partial charge in [-0.05, 0) is 62.2 Å². The summed E-state index contributed by atoms with van der Waals surface area (Å²) in [7, 11) is -3.66. The number of carbonyl (C=O) groups excluding carboxylic acids is 1. The molecule has 0 aliphatic carbocycles. The first-order chi connectivity index (χ1) is 13.8. The summed E-state index contributed by atoms with van der Waals surface area (Å²) in [5, 5.41) is 4.38. The molecular formula is C20H20ClN3O3S2. The summed E-state index contributed by atoms with van der Waals surface area (Å²) in [4.78, 5) is 17.4. The fraction of sp³-hybridized carbons (Fsp3) is 0.300. The van der Waals surface area contributed by atoms with Crippen LogP contribution in [-0.2, 0) is 14.8 Å². The van der Waals surface area contributed by atoms with Crippen molar-refractivity contribution in [3.63, 3.8) is 0 Å². The number of nitrogens with one attached hydrogen (secondary N) is 1. The van der Waals surface area contributed by atoms with Gasteiger partial charge in [0.2, 0.25) is 15.9 Å². The SMILES string of the molecule is Cc1nc2ccc(NC(=O)C3CCCN(S(=O)(=O)c4ccc(Cl)cc4)C3)cc2s1. The van der Waals surface area contributed by atoms with Crippen molar-refractivity contribution >= 4 is 54.8 Å². The Morgan fingerprint density at radius 3 is 2.76 bits per heavy atom. The van der Waals surface area contributed by atoms with Gasteiger partial charge in [0.15, 0.2) is 0 Å². The number of anilines is 1. The molecule has 29 heavy (non-hydrogen) atoms. The minimum atomic E-state index is -3.66. The summed E-state index contributed by atoms with van der Waals surface area (Å²) in [6.07, 6.45) is 1.29. The first-order valence-corrected chi connectivity index (χ1v) is 11.9. The van der Waals surface area contributed by atoms with Crippen LogP contribution < -0.4 is 5.32 Å². The van der Waals surface area contributed by atoms with E-state index < -0.39 is 15.9 Å². The van der Waals surface area contributed by atoms with Gasteiger partial charge in [-0.15, -0.1) is 11.3 Å². The third-order valence-electron chi connectivity index (χ3n) is 4.97. The number of carbonyl (C=O) groups is 1. The second-order valence-corrected chi connectivity index (χ2v) is 10.7. The van der Waals surface area contributed by atoms with Crippen LogP contribution in [0.5, 0.6) is 0 Å². The molecule has 0 radical (unpaired) electrons. The van der Waals surface area contributed by atoms with Crippen LogP contribution in [0.3, 0.4) is 0 Å². The monoisotopic (exact) mass is 449 g/mol. The van der Waals surface area contributed by atoms with E-state index in [2.05, 4.69) is 10.3 Å².